The van der Waals surface area contributed by atoms with Gasteiger partial charge in [-0.05, 0) is 35.4 Å². The van der Waals surface area contributed by atoms with Gasteiger partial charge in [-0.25, -0.2) is 9.37 Å². The van der Waals surface area contributed by atoms with E-state index in [1.165, 1.54) is 22.5 Å². The Hall–Kier alpha value is -2.93. The van der Waals surface area contributed by atoms with Crippen molar-refractivity contribution in [2.45, 2.75) is 6.54 Å². The van der Waals surface area contributed by atoms with Gasteiger partial charge in [0.05, 0.1) is 10.2 Å². The number of fused-ring (bicyclic) bond motifs is 2. The average Bonchev–Trinajstić information content (AvgIpc) is 3.41. The lowest BCUT2D eigenvalue weighted by Crippen LogP contribution is -2.32. The molecule has 1 fully saturated rings. The van der Waals surface area contributed by atoms with Crippen LogP contribution in [0.15, 0.2) is 60.3 Å². The Morgan fingerprint density at radius 2 is 2.00 bits per heavy atom. The van der Waals surface area contributed by atoms with Gasteiger partial charge >= 0.3 is 0 Å². The summed E-state index contributed by atoms with van der Waals surface area (Å²) in [5.41, 5.74) is 3.36. The molecule has 2 aliphatic heterocycles. The fourth-order valence-electron chi connectivity index (χ4n) is 3.97. The van der Waals surface area contributed by atoms with E-state index in [-0.39, 0.29) is 0 Å². The molecule has 5 nitrogen and oxygen atoms in total. The Labute approximate surface area is 172 Å². The zero-order valence-electron chi connectivity index (χ0n) is 15.8. The molecular formula is C22H20FN3O2S. The number of likely N-dealkylation sites (tertiary alicyclic amines) is 1. The number of carbonyl (C=O) groups is 1. The Morgan fingerprint density at radius 3 is 2.76 bits per heavy atom. The summed E-state index contributed by atoms with van der Waals surface area (Å²) in [6.07, 6.45) is 2.13. The largest absolute Gasteiger partial charge is 0.431 e. The average molecular weight is 409 g/mol. The van der Waals surface area contributed by atoms with Crippen molar-refractivity contribution in [3.05, 3.63) is 65.9 Å². The van der Waals surface area contributed by atoms with E-state index in [0.717, 1.165) is 29.1 Å². The summed E-state index contributed by atoms with van der Waals surface area (Å²) in [6.45, 7) is 1.95. The molecule has 0 saturated carbocycles. The van der Waals surface area contributed by atoms with Crippen molar-refractivity contribution in [1.29, 1.82) is 0 Å². The highest BCUT2D eigenvalue weighted by Crippen LogP contribution is 2.32. The Bertz CT molecular complexity index is 1050. The molecule has 2 aromatic carbocycles. The molecule has 0 bridgehead atoms. The molecule has 2 aliphatic rings. The van der Waals surface area contributed by atoms with Gasteiger partial charge < -0.3 is 14.5 Å². The van der Waals surface area contributed by atoms with Crippen molar-refractivity contribution in [3.8, 4) is 10.9 Å². The maximum Gasteiger partial charge on any atom is 0.279 e. The first-order valence-corrected chi connectivity index (χ1v) is 10.4. The number of ether oxygens (including phenoxy) is 1. The predicted octanol–water partition coefficient (Wildman–Crippen LogP) is 4.22. The third-order valence-corrected chi connectivity index (χ3v) is 6.31. The number of para-hydroxylation sites is 1. The number of halogens is 1. The summed E-state index contributed by atoms with van der Waals surface area (Å²) in [5.74, 6) is 0.688. The van der Waals surface area contributed by atoms with Crippen LogP contribution in [0.3, 0.4) is 0 Å². The lowest BCUT2D eigenvalue weighted by atomic mass is 10.1. The van der Waals surface area contributed by atoms with E-state index in [9.17, 15) is 9.18 Å². The number of alkyl halides is 1. The first-order valence-electron chi connectivity index (χ1n) is 9.59. The van der Waals surface area contributed by atoms with Crippen molar-refractivity contribution < 1.29 is 13.9 Å². The molecule has 29 heavy (non-hydrogen) atoms. The van der Waals surface area contributed by atoms with E-state index >= 15 is 0 Å². The zero-order chi connectivity index (χ0) is 19.8. The highest BCUT2D eigenvalue weighted by atomic mass is 32.1. The minimum absolute atomic E-state index is 0.326. The lowest BCUT2D eigenvalue weighted by Gasteiger charge is -2.20. The molecular weight excluding hydrogens is 389 g/mol. The number of carbonyl (C=O) groups excluding carboxylic acids is 1. The van der Waals surface area contributed by atoms with Gasteiger partial charge in [-0.1, -0.05) is 35.6 Å². The Balaban J connectivity index is 1.20. The predicted molar refractivity (Wildman–Crippen MR) is 111 cm³/mol. The topological polar surface area (TPSA) is 45.7 Å². The van der Waals surface area contributed by atoms with Crippen LogP contribution in [-0.4, -0.2) is 47.0 Å². The highest BCUT2D eigenvalue weighted by molar-refractivity contribution is 7.20. The molecule has 0 spiro atoms. The molecule has 3 heterocycles. The summed E-state index contributed by atoms with van der Waals surface area (Å²) in [6, 6.07) is 16.0. The molecule has 148 valence electrons. The summed E-state index contributed by atoms with van der Waals surface area (Å²) in [7, 11) is 0. The molecule has 3 aromatic rings. The second-order valence-corrected chi connectivity index (χ2v) is 8.42. The van der Waals surface area contributed by atoms with Crippen molar-refractivity contribution in [2.75, 3.05) is 26.3 Å². The van der Waals surface area contributed by atoms with Crippen LogP contribution >= 0.6 is 11.3 Å². The van der Waals surface area contributed by atoms with Crippen molar-refractivity contribution in [2.24, 2.45) is 5.92 Å². The normalized spacial score (nSPS) is 18.2. The molecule has 1 aromatic heterocycles. The standard InChI is InChI=1S/C22H20FN3O2S/c23-9-21(27)26-13-16-11-25(12-17(16)14-26)10-15-5-7-18(8-6-15)28-22-24-19-3-1-2-4-20(19)29-22/h1-8,11,17H,9-10,12-14H2. The minimum atomic E-state index is -0.908. The first kappa shape index (κ1) is 18.1. The van der Waals surface area contributed by atoms with Crippen LogP contribution in [0.25, 0.3) is 10.2 Å². The van der Waals surface area contributed by atoms with Crippen LogP contribution in [0.4, 0.5) is 4.39 Å². The monoisotopic (exact) mass is 409 g/mol. The number of rotatable bonds is 5. The van der Waals surface area contributed by atoms with Gasteiger partial charge in [0, 0.05) is 38.3 Å². The molecule has 0 radical (unpaired) electrons. The Morgan fingerprint density at radius 1 is 1.17 bits per heavy atom. The summed E-state index contributed by atoms with van der Waals surface area (Å²) in [4.78, 5) is 19.9. The molecule has 1 atom stereocenters. The molecule has 1 saturated heterocycles. The molecule has 1 amide bonds. The maximum absolute atomic E-state index is 12.6. The molecule has 5 rings (SSSR count). The van der Waals surface area contributed by atoms with Gasteiger partial charge in [-0.3, -0.25) is 4.79 Å². The number of aromatic nitrogens is 1. The van der Waals surface area contributed by atoms with Crippen LogP contribution in [0.1, 0.15) is 5.56 Å². The number of benzene rings is 2. The third kappa shape index (κ3) is 3.70. The summed E-state index contributed by atoms with van der Waals surface area (Å²) in [5, 5.41) is 0.642. The van der Waals surface area contributed by atoms with Crippen molar-refractivity contribution in [1.82, 2.24) is 14.8 Å². The quantitative estimate of drug-likeness (QED) is 0.633. The van der Waals surface area contributed by atoms with Gasteiger partial charge in [-0.15, -0.1) is 0 Å². The smallest absolute Gasteiger partial charge is 0.279 e. The van der Waals surface area contributed by atoms with Crippen LogP contribution < -0.4 is 4.74 Å². The Kier molecular flexibility index (Phi) is 4.67. The van der Waals surface area contributed by atoms with Gasteiger partial charge in [0.25, 0.3) is 11.1 Å². The number of amides is 1. The van der Waals surface area contributed by atoms with Crippen molar-refractivity contribution in [3.63, 3.8) is 0 Å². The maximum atomic E-state index is 12.6. The lowest BCUT2D eigenvalue weighted by molar-refractivity contribution is -0.131. The second-order valence-electron chi connectivity index (χ2n) is 7.43. The summed E-state index contributed by atoms with van der Waals surface area (Å²) >= 11 is 1.53. The van der Waals surface area contributed by atoms with E-state index in [2.05, 4.69) is 28.2 Å². The van der Waals surface area contributed by atoms with E-state index < -0.39 is 12.6 Å². The first-order chi connectivity index (χ1) is 14.2. The number of thiazole rings is 1. The van der Waals surface area contributed by atoms with E-state index in [0.29, 0.717) is 24.2 Å². The van der Waals surface area contributed by atoms with E-state index in [1.807, 2.05) is 36.4 Å². The fraction of sp³-hybridized carbons (Fsp3) is 0.273. The van der Waals surface area contributed by atoms with Gasteiger partial charge in [-0.2, -0.15) is 0 Å². The molecule has 7 heteroatoms. The SMILES string of the molecule is O=C(CF)N1CC2=CN(Cc3ccc(Oc4nc5ccccc5s4)cc3)CC2C1. The van der Waals surface area contributed by atoms with E-state index in [1.54, 1.807) is 4.90 Å². The minimum Gasteiger partial charge on any atom is -0.431 e. The van der Waals surface area contributed by atoms with Gasteiger partial charge in [0.1, 0.15) is 5.75 Å². The second kappa shape index (κ2) is 7.48. The fourth-order valence-corrected chi connectivity index (χ4v) is 4.80. The summed E-state index contributed by atoms with van der Waals surface area (Å²) < 4.78 is 19.6. The molecule has 1 unspecified atom stereocenters. The molecule has 0 aliphatic carbocycles. The molecule has 0 N–H and O–H groups in total. The number of hydrogen-bond donors (Lipinski definition) is 0. The third-order valence-electron chi connectivity index (χ3n) is 5.40. The number of nitrogens with zero attached hydrogens (tertiary/aromatic N) is 3. The van der Waals surface area contributed by atoms with Crippen LogP contribution in [0, 0.1) is 5.92 Å². The van der Waals surface area contributed by atoms with Gasteiger partial charge in [0.15, 0.2) is 6.67 Å². The van der Waals surface area contributed by atoms with Crippen LogP contribution in [0.2, 0.25) is 0 Å². The highest BCUT2D eigenvalue weighted by Gasteiger charge is 2.35. The zero-order valence-corrected chi connectivity index (χ0v) is 16.6. The van der Waals surface area contributed by atoms with Crippen LogP contribution in [-0.2, 0) is 11.3 Å². The number of hydrogen-bond acceptors (Lipinski definition) is 5. The van der Waals surface area contributed by atoms with Gasteiger partial charge in [0.2, 0.25) is 0 Å². The van der Waals surface area contributed by atoms with E-state index in [4.69, 9.17) is 4.74 Å². The van der Waals surface area contributed by atoms with Crippen LogP contribution in [0.5, 0.6) is 10.9 Å². The van der Waals surface area contributed by atoms with Crippen molar-refractivity contribution >= 4 is 27.5 Å².